The Hall–Kier alpha value is -2.67. The maximum atomic E-state index is 12.5. The lowest BCUT2D eigenvalue weighted by Crippen LogP contribution is -2.41. The van der Waals surface area contributed by atoms with Gasteiger partial charge < -0.3 is 15.0 Å². The van der Waals surface area contributed by atoms with Gasteiger partial charge in [0.15, 0.2) is 5.82 Å². The Morgan fingerprint density at radius 1 is 1.25 bits per heavy atom. The molecule has 1 aromatic heterocycles. The van der Waals surface area contributed by atoms with Crippen molar-refractivity contribution in [2.75, 3.05) is 32.1 Å². The number of carbonyl (C=O) groups is 1. The number of anilines is 1. The van der Waals surface area contributed by atoms with Crippen LogP contribution in [0.4, 0.5) is 5.82 Å². The standard InChI is InChI=1S/C21H28N4O3/c1-28-19(26)16-25-15-11-22-20(21(25)27)23-18-9-13-24(14-10-18)12-5-8-17-6-3-2-4-7-17/h2-4,6-7,11,15,18H,5,8-10,12-14,16H2,1H3,(H,22,23). The molecule has 1 fully saturated rings. The first-order valence-corrected chi connectivity index (χ1v) is 9.81. The zero-order chi connectivity index (χ0) is 19.8. The first-order chi connectivity index (χ1) is 13.7. The van der Waals surface area contributed by atoms with Crippen LogP contribution in [-0.2, 0) is 22.5 Å². The van der Waals surface area contributed by atoms with E-state index in [-0.39, 0.29) is 18.1 Å². The Morgan fingerprint density at radius 3 is 2.71 bits per heavy atom. The molecule has 150 valence electrons. The average molecular weight is 384 g/mol. The number of hydrogen-bond acceptors (Lipinski definition) is 6. The monoisotopic (exact) mass is 384 g/mol. The van der Waals surface area contributed by atoms with Crippen molar-refractivity contribution in [3.63, 3.8) is 0 Å². The predicted octanol–water partition coefficient (Wildman–Crippen LogP) is 1.93. The number of carbonyl (C=O) groups excluding carboxylic acids is 1. The summed E-state index contributed by atoms with van der Waals surface area (Å²) in [4.78, 5) is 30.5. The molecule has 1 aliphatic rings. The van der Waals surface area contributed by atoms with Crippen molar-refractivity contribution < 1.29 is 9.53 Å². The van der Waals surface area contributed by atoms with E-state index >= 15 is 0 Å². The van der Waals surface area contributed by atoms with Crippen molar-refractivity contribution >= 4 is 11.8 Å². The molecule has 1 aromatic carbocycles. The van der Waals surface area contributed by atoms with E-state index in [1.807, 2.05) is 6.07 Å². The number of nitrogens with one attached hydrogen (secondary N) is 1. The number of benzene rings is 1. The summed E-state index contributed by atoms with van der Waals surface area (Å²) < 4.78 is 5.95. The maximum absolute atomic E-state index is 12.5. The van der Waals surface area contributed by atoms with Crippen molar-refractivity contribution in [3.8, 4) is 0 Å². The molecule has 7 heteroatoms. The highest BCUT2D eigenvalue weighted by Gasteiger charge is 2.20. The summed E-state index contributed by atoms with van der Waals surface area (Å²) >= 11 is 0. The Morgan fingerprint density at radius 2 is 2.00 bits per heavy atom. The molecule has 0 saturated carbocycles. The fourth-order valence-corrected chi connectivity index (χ4v) is 3.52. The van der Waals surface area contributed by atoms with Crippen LogP contribution in [0.1, 0.15) is 24.8 Å². The van der Waals surface area contributed by atoms with Crippen LogP contribution < -0.4 is 10.9 Å². The van der Waals surface area contributed by atoms with Gasteiger partial charge in [0.1, 0.15) is 6.54 Å². The third-order valence-corrected chi connectivity index (χ3v) is 5.15. The summed E-state index contributed by atoms with van der Waals surface area (Å²) in [5.41, 5.74) is 1.09. The summed E-state index contributed by atoms with van der Waals surface area (Å²) in [5, 5.41) is 3.26. The first kappa shape index (κ1) is 20.1. The summed E-state index contributed by atoms with van der Waals surface area (Å²) in [6.45, 7) is 3.01. The van der Waals surface area contributed by atoms with E-state index in [2.05, 4.69) is 44.2 Å². The first-order valence-electron chi connectivity index (χ1n) is 9.81. The lowest BCUT2D eigenvalue weighted by atomic mass is 10.0. The van der Waals surface area contributed by atoms with E-state index in [0.717, 1.165) is 45.3 Å². The Bertz CT molecular complexity index is 814. The molecule has 7 nitrogen and oxygen atoms in total. The third-order valence-electron chi connectivity index (χ3n) is 5.15. The molecule has 0 unspecified atom stereocenters. The number of ether oxygens (including phenoxy) is 1. The van der Waals surface area contributed by atoms with Crippen LogP contribution in [0.15, 0.2) is 47.5 Å². The van der Waals surface area contributed by atoms with Gasteiger partial charge in [-0.15, -0.1) is 0 Å². The van der Waals surface area contributed by atoms with Crippen molar-refractivity contribution in [2.45, 2.75) is 38.3 Å². The number of piperidine rings is 1. The molecule has 0 spiro atoms. The van der Waals surface area contributed by atoms with E-state index in [0.29, 0.717) is 5.82 Å². The number of aromatic nitrogens is 2. The largest absolute Gasteiger partial charge is 0.468 e. The molecule has 0 atom stereocenters. The van der Waals surface area contributed by atoms with Gasteiger partial charge in [0.2, 0.25) is 0 Å². The predicted molar refractivity (Wildman–Crippen MR) is 108 cm³/mol. The van der Waals surface area contributed by atoms with E-state index in [1.165, 1.54) is 29.6 Å². The minimum Gasteiger partial charge on any atom is -0.468 e. The lowest BCUT2D eigenvalue weighted by Gasteiger charge is -2.32. The van der Waals surface area contributed by atoms with Crippen LogP contribution in [0, 0.1) is 0 Å². The smallest absolute Gasteiger partial charge is 0.325 e. The summed E-state index contributed by atoms with van der Waals surface area (Å²) in [7, 11) is 1.31. The Labute approximate surface area is 165 Å². The number of hydrogen-bond donors (Lipinski definition) is 1. The highest BCUT2D eigenvalue weighted by molar-refractivity contribution is 5.69. The second-order valence-corrected chi connectivity index (χ2v) is 7.13. The van der Waals surface area contributed by atoms with Crippen molar-refractivity contribution in [1.82, 2.24) is 14.5 Å². The van der Waals surface area contributed by atoms with Gasteiger partial charge in [-0.1, -0.05) is 30.3 Å². The Balaban J connectivity index is 1.45. The van der Waals surface area contributed by atoms with Gasteiger partial charge in [-0.05, 0) is 37.8 Å². The molecule has 0 amide bonds. The van der Waals surface area contributed by atoms with E-state index in [4.69, 9.17) is 0 Å². The highest BCUT2D eigenvalue weighted by Crippen LogP contribution is 2.14. The van der Waals surface area contributed by atoms with Gasteiger partial charge >= 0.3 is 5.97 Å². The fourth-order valence-electron chi connectivity index (χ4n) is 3.52. The minimum atomic E-state index is -0.455. The molecule has 1 aliphatic heterocycles. The van der Waals surface area contributed by atoms with Gasteiger partial charge in [-0.25, -0.2) is 4.98 Å². The molecular formula is C21H28N4O3. The summed E-state index contributed by atoms with van der Waals surface area (Å²) in [6, 6.07) is 10.8. The quantitative estimate of drug-likeness (QED) is 0.701. The minimum absolute atomic E-state index is 0.105. The van der Waals surface area contributed by atoms with Gasteiger partial charge in [0.25, 0.3) is 5.56 Å². The van der Waals surface area contributed by atoms with E-state index in [1.54, 1.807) is 0 Å². The Kier molecular flexibility index (Phi) is 7.19. The second kappa shape index (κ2) is 10.0. The average Bonchev–Trinajstić information content (AvgIpc) is 2.73. The van der Waals surface area contributed by atoms with Crippen molar-refractivity contribution in [2.24, 2.45) is 0 Å². The molecule has 3 rings (SSSR count). The second-order valence-electron chi connectivity index (χ2n) is 7.13. The van der Waals surface area contributed by atoms with Gasteiger partial charge in [0, 0.05) is 31.5 Å². The van der Waals surface area contributed by atoms with Crippen molar-refractivity contribution in [1.29, 1.82) is 0 Å². The zero-order valence-corrected chi connectivity index (χ0v) is 16.3. The topological polar surface area (TPSA) is 76.5 Å². The molecule has 1 saturated heterocycles. The van der Waals surface area contributed by atoms with Gasteiger partial charge in [-0.3, -0.25) is 14.2 Å². The molecule has 0 radical (unpaired) electrons. The molecule has 28 heavy (non-hydrogen) atoms. The number of likely N-dealkylation sites (tertiary alicyclic amines) is 1. The SMILES string of the molecule is COC(=O)Cn1ccnc(NC2CCN(CCCc3ccccc3)CC2)c1=O. The highest BCUT2D eigenvalue weighted by atomic mass is 16.5. The summed E-state index contributed by atoms with van der Waals surface area (Å²) in [6.07, 6.45) is 7.23. The van der Waals surface area contributed by atoms with Crippen LogP contribution in [0.3, 0.4) is 0 Å². The van der Waals surface area contributed by atoms with Gasteiger partial charge in [0.05, 0.1) is 7.11 Å². The van der Waals surface area contributed by atoms with Crippen LogP contribution in [0.2, 0.25) is 0 Å². The molecular weight excluding hydrogens is 356 g/mol. The van der Waals surface area contributed by atoms with Crippen molar-refractivity contribution in [3.05, 3.63) is 58.6 Å². The summed E-state index contributed by atoms with van der Waals surface area (Å²) in [5.74, 6) is -0.156. The van der Waals surface area contributed by atoms with Gasteiger partial charge in [-0.2, -0.15) is 0 Å². The van der Waals surface area contributed by atoms with Crippen LogP contribution in [0.5, 0.6) is 0 Å². The maximum Gasteiger partial charge on any atom is 0.325 e. The number of aryl methyl sites for hydroxylation is 1. The molecule has 0 bridgehead atoms. The molecule has 1 N–H and O–H groups in total. The molecule has 2 heterocycles. The molecule has 2 aromatic rings. The normalized spacial score (nSPS) is 15.3. The number of rotatable bonds is 8. The number of methoxy groups -OCH3 is 1. The number of nitrogens with zero attached hydrogens (tertiary/aromatic N) is 3. The zero-order valence-electron chi connectivity index (χ0n) is 16.3. The lowest BCUT2D eigenvalue weighted by molar-refractivity contribution is -0.141. The number of esters is 1. The third kappa shape index (κ3) is 5.66. The molecule has 0 aliphatic carbocycles. The van der Waals surface area contributed by atoms with Crippen LogP contribution >= 0.6 is 0 Å². The van der Waals surface area contributed by atoms with Crippen LogP contribution in [-0.4, -0.2) is 53.2 Å². The fraction of sp³-hybridized carbons (Fsp3) is 0.476. The van der Waals surface area contributed by atoms with E-state index < -0.39 is 5.97 Å². The van der Waals surface area contributed by atoms with E-state index in [9.17, 15) is 9.59 Å². The van der Waals surface area contributed by atoms with Crippen LogP contribution in [0.25, 0.3) is 0 Å².